The number of aromatic nitrogens is 4. The van der Waals surface area contributed by atoms with Gasteiger partial charge in [0.15, 0.2) is 0 Å². The molecule has 1 atom stereocenters. The molecule has 3 heterocycles. The molecule has 1 aliphatic heterocycles. The Morgan fingerprint density at radius 1 is 1.13 bits per heavy atom. The van der Waals surface area contributed by atoms with E-state index in [1.165, 1.54) is 0 Å². The molecular formula is C22H20N4O4. The van der Waals surface area contributed by atoms with Crippen molar-refractivity contribution in [2.75, 3.05) is 20.8 Å². The van der Waals surface area contributed by atoms with Crippen molar-refractivity contribution >= 4 is 10.9 Å². The average molecular weight is 404 g/mol. The maximum absolute atomic E-state index is 12.9. The predicted octanol–water partition coefficient (Wildman–Crippen LogP) is 3.05. The van der Waals surface area contributed by atoms with Crippen LogP contribution in [0.3, 0.4) is 0 Å². The summed E-state index contributed by atoms with van der Waals surface area (Å²) >= 11 is 0. The molecule has 0 amide bonds. The summed E-state index contributed by atoms with van der Waals surface area (Å²) in [6.45, 7) is 0.434. The lowest BCUT2D eigenvalue weighted by molar-refractivity contribution is 0.257. The topological polar surface area (TPSA) is 102 Å². The number of hydrogen-bond donors (Lipinski definition) is 2. The number of fused-ring (bicyclic) bond motifs is 2. The molecule has 0 saturated heterocycles. The number of H-pyrrole nitrogens is 2. The second-order valence-electron chi connectivity index (χ2n) is 7.20. The molecule has 4 aromatic rings. The molecule has 0 fully saturated rings. The molecule has 1 aliphatic rings. The lowest BCUT2D eigenvalue weighted by Gasteiger charge is -2.25. The number of methoxy groups -OCH3 is 2. The highest BCUT2D eigenvalue weighted by atomic mass is 16.5. The van der Waals surface area contributed by atoms with E-state index in [1.807, 2.05) is 24.3 Å². The first-order valence-electron chi connectivity index (χ1n) is 9.57. The van der Waals surface area contributed by atoms with Crippen LogP contribution in [0.5, 0.6) is 17.2 Å². The molecule has 2 aromatic carbocycles. The molecule has 2 N–H and O–H groups in total. The summed E-state index contributed by atoms with van der Waals surface area (Å²) in [4.78, 5) is 20.6. The number of hydrogen-bond acceptors (Lipinski definition) is 6. The van der Waals surface area contributed by atoms with Crippen molar-refractivity contribution in [3.05, 3.63) is 64.5 Å². The van der Waals surface area contributed by atoms with Gasteiger partial charge in [-0.1, -0.05) is 0 Å². The van der Waals surface area contributed by atoms with E-state index in [2.05, 4.69) is 15.2 Å². The first-order chi connectivity index (χ1) is 14.7. The maximum Gasteiger partial charge on any atom is 0.258 e. The standard InChI is InChI=1S/C22H20N4O4/c1-28-16-3-4-18-13(6-16)5-14(11-30-18)21-25-20-17(22(27)26-21)7-12(8-19(20)29-2)15-9-23-24-10-15/h3-4,6-10,14H,5,11H2,1-2H3,(H,23,24)(H,25,26,27). The van der Waals surface area contributed by atoms with Crippen LogP contribution in [0, 0.1) is 0 Å². The van der Waals surface area contributed by atoms with Crippen molar-refractivity contribution in [1.29, 1.82) is 0 Å². The normalized spacial score (nSPS) is 15.5. The molecular weight excluding hydrogens is 384 g/mol. The molecule has 0 aliphatic carbocycles. The Kier molecular flexibility index (Phi) is 4.39. The van der Waals surface area contributed by atoms with Crippen molar-refractivity contribution in [2.24, 2.45) is 0 Å². The summed E-state index contributed by atoms with van der Waals surface area (Å²) < 4.78 is 16.8. The van der Waals surface area contributed by atoms with Gasteiger partial charge in [0.1, 0.15) is 28.6 Å². The van der Waals surface area contributed by atoms with Gasteiger partial charge in [0.05, 0.1) is 38.3 Å². The van der Waals surface area contributed by atoms with E-state index in [-0.39, 0.29) is 11.5 Å². The molecule has 30 heavy (non-hydrogen) atoms. The fraction of sp³-hybridized carbons (Fsp3) is 0.227. The van der Waals surface area contributed by atoms with Crippen LogP contribution in [-0.2, 0) is 6.42 Å². The van der Waals surface area contributed by atoms with Gasteiger partial charge in [-0.05, 0) is 47.9 Å². The van der Waals surface area contributed by atoms with Gasteiger partial charge in [0.2, 0.25) is 0 Å². The van der Waals surface area contributed by atoms with Gasteiger partial charge in [-0.3, -0.25) is 9.89 Å². The van der Waals surface area contributed by atoms with E-state index in [4.69, 9.17) is 19.2 Å². The van der Waals surface area contributed by atoms with Gasteiger partial charge >= 0.3 is 0 Å². The highest BCUT2D eigenvalue weighted by Crippen LogP contribution is 2.35. The second-order valence-corrected chi connectivity index (χ2v) is 7.20. The van der Waals surface area contributed by atoms with E-state index in [0.717, 1.165) is 28.2 Å². The van der Waals surface area contributed by atoms with Crippen LogP contribution in [0.15, 0.2) is 47.5 Å². The van der Waals surface area contributed by atoms with Crippen molar-refractivity contribution in [2.45, 2.75) is 12.3 Å². The number of benzene rings is 2. The monoisotopic (exact) mass is 404 g/mol. The first-order valence-corrected chi connectivity index (χ1v) is 9.57. The number of aromatic amines is 2. The Morgan fingerprint density at radius 2 is 2.03 bits per heavy atom. The quantitative estimate of drug-likeness (QED) is 0.542. The Labute approximate surface area is 171 Å². The van der Waals surface area contributed by atoms with Gasteiger partial charge in [-0.2, -0.15) is 5.10 Å². The molecule has 152 valence electrons. The summed E-state index contributed by atoms with van der Waals surface area (Å²) in [6.07, 6.45) is 4.15. The maximum atomic E-state index is 12.9. The van der Waals surface area contributed by atoms with Gasteiger partial charge < -0.3 is 19.2 Å². The first kappa shape index (κ1) is 18.2. The third kappa shape index (κ3) is 3.06. The Morgan fingerprint density at radius 3 is 2.80 bits per heavy atom. The van der Waals surface area contributed by atoms with E-state index in [0.29, 0.717) is 35.5 Å². The van der Waals surface area contributed by atoms with Crippen molar-refractivity contribution < 1.29 is 14.2 Å². The second kappa shape index (κ2) is 7.22. The van der Waals surface area contributed by atoms with Crippen LogP contribution >= 0.6 is 0 Å². The van der Waals surface area contributed by atoms with Crippen molar-refractivity contribution in [3.63, 3.8) is 0 Å². The molecule has 0 spiro atoms. The third-order valence-electron chi connectivity index (χ3n) is 5.41. The van der Waals surface area contributed by atoms with Gasteiger partial charge in [-0.15, -0.1) is 0 Å². The zero-order chi connectivity index (χ0) is 20.7. The number of nitrogens with zero attached hydrogens (tertiary/aromatic N) is 2. The zero-order valence-corrected chi connectivity index (χ0v) is 16.6. The van der Waals surface area contributed by atoms with Crippen LogP contribution in [0.25, 0.3) is 22.0 Å². The fourth-order valence-corrected chi connectivity index (χ4v) is 3.83. The van der Waals surface area contributed by atoms with Crippen LogP contribution in [0.2, 0.25) is 0 Å². The molecule has 2 aromatic heterocycles. The van der Waals surface area contributed by atoms with Crippen LogP contribution in [0.4, 0.5) is 0 Å². The zero-order valence-electron chi connectivity index (χ0n) is 16.6. The summed E-state index contributed by atoms with van der Waals surface area (Å²) in [6, 6.07) is 9.40. The minimum Gasteiger partial charge on any atom is -0.497 e. The van der Waals surface area contributed by atoms with Gasteiger partial charge in [-0.25, -0.2) is 4.98 Å². The Balaban J connectivity index is 1.58. The molecule has 0 bridgehead atoms. The van der Waals surface area contributed by atoms with Crippen molar-refractivity contribution in [3.8, 4) is 28.4 Å². The number of nitrogens with one attached hydrogen (secondary N) is 2. The van der Waals surface area contributed by atoms with Crippen LogP contribution < -0.4 is 19.8 Å². The minimum atomic E-state index is -0.213. The van der Waals surface area contributed by atoms with E-state index < -0.39 is 0 Å². The number of rotatable bonds is 4. The van der Waals surface area contributed by atoms with E-state index >= 15 is 0 Å². The molecule has 5 rings (SSSR count). The smallest absolute Gasteiger partial charge is 0.258 e. The van der Waals surface area contributed by atoms with E-state index in [9.17, 15) is 4.79 Å². The average Bonchev–Trinajstić information content (AvgIpc) is 3.32. The predicted molar refractivity (Wildman–Crippen MR) is 111 cm³/mol. The highest BCUT2D eigenvalue weighted by molar-refractivity contribution is 5.89. The van der Waals surface area contributed by atoms with Gasteiger partial charge in [0.25, 0.3) is 5.56 Å². The summed E-state index contributed by atoms with van der Waals surface area (Å²) in [5.74, 6) is 2.63. The van der Waals surface area contributed by atoms with E-state index in [1.54, 1.807) is 32.7 Å². The summed E-state index contributed by atoms with van der Waals surface area (Å²) in [5, 5.41) is 7.22. The summed E-state index contributed by atoms with van der Waals surface area (Å²) in [7, 11) is 3.21. The molecule has 8 heteroatoms. The highest BCUT2D eigenvalue weighted by Gasteiger charge is 2.25. The molecule has 8 nitrogen and oxygen atoms in total. The van der Waals surface area contributed by atoms with Crippen molar-refractivity contribution in [1.82, 2.24) is 20.2 Å². The third-order valence-corrected chi connectivity index (χ3v) is 5.41. The van der Waals surface area contributed by atoms with Crippen LogP contribution in [-0.4, -0.2) is 41.0 Å². The SMILES string of the molecule is COc1ccc2c(c1)CC(c1nc3c(OC)cc(-c4cn[nH]c4)cc3c(=O)[nH]1)CO2. The molecule has 1 unspecified atom stereocenters. The minimum absolute atomic E-state index is 0.0834. The lowest BCUT2D eigenvalue weighted by atomic mass is 9.95. The largest absolute Gasteiger partial charge is 0.497 e. The number of ether oxygens (including phenoxy) is 3. The van der Waals surface area contributed by atoms with Crippen LogP contribution in [0.1, 0.15) is 17.3 Å². The Hall–Kier alpha value is -3.81. The summed E-state index contributed by atoms with van der Waals surface area (Å²) in [5.41, 5.74) is 3.03. The lowest BCUT2D eigenvalue weighted by Crippen LogP contribution is -2.24. The fourth-order valence-electron chi connectivity index (χ4n) is 3.83. The molecule has 0 radical (unpaired) electrons. The van der Waals surface area contributed by atoms with Gasteiger partial charge in [0, 0.05) is 11.8 Å². The Bertz CT molecular complexity index is 1280. The molecule has 0 saturated carbocycles.